The molecule has 1 N–H and O–H groups in total. The molecule has 2 aromatic carbocycles. The predicted octanol–water partition coefficient (Wildman–Crippen LogP) is 3.68. The highest BCUT2D eigenvalue weighted by molar-refractivity contribution is 5.90. The van der Waals surface area contributed by atoms with Gasteiger partial charge in [0.25, 0.3) is 5.56 Å². The Hall–Kier alpha value is -3.98. The molecule has 2 heterocycles. The molecule has 8 nitrogen and oxygen atoms in total. The standard InChI is InChI=1S/C26H24FNO7/c1-15-3-7-17(8-4-15)25(31)33-14-21-20(35-26(32)18-9-5-16(2)6-10-18)13-22(34-21)28-12-11-19(29)23(27)24(28)30/h3-12,20-22,29H,13-14H2,1-2H3/t20-,21+,22+/m0/s1. The van der Waals surface area contributed by atoms with Crippen molar-refractivity contribution < 1.29 is 33.3 Å². The Morgan fingerprint density at radius 2 is 1.57 bits per heavy atom. The van der Waals surface area contributed by atoms with E-state index in [-0.39, 0.29) is 13.0 Å². The summed E-state index contributed by atoms with van der Waals surface area (Å²) in [7, 11) is 0. The lowest BCUT2D eigenvalue weighted by molar-refractivity contribution is -0.0581. The maximum absolute atomic E-state index is 14.0. The van der Waals surface area contributed by atoms with Gasteiger partial charge in [-0.3, -0.25) is 9.36 Å². The Morgan fingerprint density at radius 3 is 2.17 bits per heavy atom. The minimum Gasteiger partial charge on any atom is -0.505 e. The molecule has 182 valence electrons. The van der Waals surface area contributed by atoms with Gasteiger partial charge < -0.3 is 19.3 Å². The van der Waals surface area contributed by atoms with Crippen LogP contribution in [0.2, 0.25) is 0 Å². The van der Waals surface area contributed by atoms with Crippen LogP contribution in [0.4, 0.5) is 4.39 Å². The molecule has 35 heavy (non-hydrogen) atoms. The zero-order valence-electron chi connectivity index (χ0n) is 19.1. The number of aryl methyl sites for hydroxylation is 2. The largest absolute Gasteiger partial charge is 0.505 e. The number of esters is 2. The van der Waals surface area contributed by atoms with Crippen molar-refractivity contribution in [3.8, 4) is 5.75 Å². The maximum Gasteiger partial charge on any atom is 0.338 e. The SMILES string of the molecule is Cc1ccc(C(=O)OC[C@H]2O[C@@H](n3ccc(O)c(F)c3=O)C[C@@H]2OC(=O)c2ccc(C)cc2)cc1. The van der Waals surface area contributed by atoms with Gasteiger partial charge in [-0.2, -0.15) is 4.39 Å². The third-order valence-corrected chi connectivity index (χ3v) is 5.74. The predicted molar refractivity (Wildman–Crippen MR) is 123 cm³/mol. The number of benzene rings is 2. The van der Waals surface area contributed by atoms with Crippen LogP contribution in [0.3, 0.4) is 0 Å². The number of carbonyl (C=O) groups excluding carboxylic acids is 2. The molecule has 0 saturated carbocycles. The van der Waals surface area contributed by atoms with Crippen LogP contribution in [0, 0.1) is 19.7 Å². The van der Waals surface area contributed by atoms with Gasteiger partial charge >= 0.3 is 11.9 Å². The molecular formula is C26H24FNO7. The number of halogens is 1. The van der Waals surface area contributed by atoms with Gasteiger partial charge in [0.05, 0.1) is 11.1 Å². The molecule has 0 radical (unpaired) electrons. The smallest absolute Gasteiger partial charge is 0.338 e. The highest BCUT2D eigenvalue weighted by atomic mass is 19.1. The fourth-order valence-electron chi connectivity index (χ4n) is 3.71. The lowest BCUT2D eigenvalue weighted by Crippen LogP contribution is -2.32. The molecule has 1 aliphatic rings. The number of ether oxygens (including phenoxy) is 3. The van der Waals surface area contributed by atoms with Gasteiger partial charge in [-0.25, -0.2) is 9.59 Å². The number of aromatic nitrogens is 1. The molecule has 0 bridgehead atoms. The minimum absolute atomic E-state index is 0.00840. The van der Waals surface area contributed by atoms with Crippen molar-refractivity contribution in [1.82, 2.24) is 4.57 Å². The van der Waals surface area contributed by atoms with Crippen molar-refractivity contribution in [2.24, 2.45) is 0 Å². The van der Waals surface area contributed by atoms with Crippen molar-refractivity contribution >= 4 is 11.9 Å². The lowest BCUT2D eigenvalue weighted by atomic mass is 10.1. The molecule has 3 aromatic rings. The topological polar surface area (TPSA) is 104 Å². The summed E-state index contributed by atoms with van der Waals surface area (Å²) in [5.41, 5.74) is 1.53. The molecule has 0 unspecified atom stereocenters. The molecule has 4 rings (SSSR count). The number of rotatable bonds is 6. The average molecular weight is 481 g/mol. The molecular weight excluding hydrogens is 457 g/mol. The van der Waals surface area contributed by atoms with Gasteiger partial charge in [0, 0.05) is 12.6 Å². The first-order chi connectivity index (χ1) is 16.7. The quantitative estimate of drug-likeness (QED) is 0.536. The molecule has 1 aromatic heterocycles. The van der Waals surface area contributed by atoms with Crippen molar-refractivity contribution in [2.45, 2.75) is 38.7 Å². The molecule has 9 heteroatoms. The van der Waals surface area contributed by atoms with E-state index in [1.165, 1.54) is 6.20 Å². The Balaban J connectivity index is 1.53. The average Bonchev–Trinajstić information content (AvgIpc) is 3.24. The zero-order valence-corrected chi connectivity index (χ0v) is 19.1. The monoisotopic (exact) mass is 481 g/mol. The Bertz CT molecular complexity index is 1280. The Morgan fingerprint density at radius 1 is 1.00 bits per heavy atom. The Labute approximate surface area is 200 Å². The summed E-state index contributed by atoms with van der Waals surface area (Å²) in [6.07, 6.45) is -1.60. The molecule has 3 atom stereocenters. The minimum atomic E-state index is -1.32. The highest BCUT2D eigenvalue weighted by Gasteiger charge is 2.40. The van der Waals surface area contributed by atoms with Crippen LogP contribution in [0.1, 0.15) is 44.5 Å². The molecule has 0 amide bonds. The van der Waals surface area contributed by atoms with Crippen LogP contribution in [0.25, 0.3) is 0 Å². The van der Waals surface area contributed by atoms with E-state index < -0.39 is 47.5 Å². The van der Waals surface area contributed by atoms with Gasteiger partial charge in [-0.1, -0.05) is 35.4 Å². The van der Waals surface area contributed by atoms with E-state index in [1.54, 1.807) is 48.5 Å². The first kappa shape index (κ1) is 24.2. The first-order valence-electron chi connectivity index (χ1n) is 11.0. The van der Waals surface area contributed by atoms with Crippen LogP contribution < -0.4 is 5.56 Å². The van der Waals surface area contributed by atoms with E-state index in [0.29, 0.717) is 11.1 Å². The number of nitrogens with zero attached hydrogens (tertiary/aromatic N) is 1. The third kappa shape index (κ3) is 5.41. The Kier molecular flexibility index (Phi) is 6.97. The molecule has 1 aliphatic heterocycles. The summed E-state index contributed by atoms with van der Waals surface area (Å²) in [4.78, 5) is 37.5. The highest BCUT2D eigenvalue weighted by Crippen LogP contribution is 2.31. The van der Waals surface area contributed by atoms with E-state index in [0.717, 1.165) is 21.8 Å². The van der Waals surface area contributed by atoms with E-state index in [9.17, 15) is 23.9 Å². The maximum atomic E-state index is 14.0. The van der Waals surface area contributed by atoms with Crippen LogP contribution in [0.15, 0.2) is 65.6 Å². The second-order valence-corrected chi connectivity index (χ2v) is 8.37. The van der Waals surface area contributed by atoms with Gasteiger partial charge in [-0.15, -0.1) is 0 Å². The zero-order chi connectivity index (χ0) is 25.1. The summed E-state index contributed by atoms with van der Waals surface area (Å²) < 4.78 is 31.8. The van der Waals surface area contributed by atoms with Crippen molar-refractivity contribution in [3.05, 3.63) is 99.2 Å². The van der Waals surface area contributed by atoms with Crippen LogP contribution >= 0.6 is 0 Å². The second kappa shape index (κ2) is 10.1. The summed E-state index contributed by atoms with van der Waals surface area (Å²) >= 11 is 0. The van der Waals surface area contributed by atoms with Crippen molar-refractivity contribution in [1.29, 1.82) is 0 Å². The van der Waals surface area contributed by atoms with Crippen molar-refractivity contribution in [2.75, 3.05) is 6.61 Å². The number of aromatic hydroxyl groups is 1. The van der Waals surface area contributed by atoms with Crippen LogP contribution in [-0.4, -0.2) is 40.4 Å². The number of hydrogen-bond acceptors (Lipinski definition) is 7. The molecule has 0 spiro atoms. The number of carbonyl (C=O) groups is 2. The third-order valence-electron chi connectivity index (χ3n) is 5.74. The van der Waals surface area contributed by atoms with Gasteiger partial charge in [-0.05, 0) is 44.2 Å². The van der Waals surface area contributed by atoms with Crippen molar-refractivity contribution in [3.63, 3.8) is 0 Å². The number of hydrogen-bond donors (Lipinski definition) is 1. The number of pyridine rings is 1. The molecule has 1 saturated heterocycles. The first-order valence-corrected chi connectivity index (χ1v) is 11.0. The van der Waals surface area contributed by atoms with Crippen LogP contribution in [0.5, 0.6) is 5.75 Å². The summed E-state index contributed by atoms with van der Waals surface area (Å²) in [5, 5.41) is 9.45. The van der Waals surface area contributed by atoms with E-state index >= 15 is 0 Å². The van der Waals surface area contributed by atoms with E-state index in [2.05, 4.69) is 0 Å². The lowest BCUT2D eigenvalue weighted by Gasteiger charge is -2.19. The van der Waals surface area contributed by atoms with Gasteiger partial charge in [0.1, 0.15) is 25.0 Å². The second-order valence-electron chi connectivity index (χ2n) is 8.37. The van der Waals surface area contributed by atoms with Crippen LogP contribution in [-0.2, 0) is 14.2 Å². The van der Waals surface area contributed by atoms with E-state index in [1.807, 2.05) is 13.8 Å². The van der Waals surface area contributed by atoms with Gasteiger partial charge in [0.2, 0.25) is 5.82 Å². The summed E-state index contributed by atoms with van der Waals surface area (Å²) in [6.45, 7) is 3.52. The molecule has 1 fully saturated rings. The fraction of sp³-hybridized carbons (Fsp3) is 0.269. The normalized spacial score (nSPS) is 19.3. The van der Waals surface area contributed by atoms with E-state index in [4.69, 9.17) is 14.2 Å². The van der Waals surface area contributed by atoms with Gasteiger partial charge in [0.15, 0.2) is 5.75 Å². The summed E-state index contributed by atoms with van der Waals surface area (Å²) in [6, 6.07) is 14.6. The fourth-order valence-corrected chi connectivity index (χ4v) is 3.71. The summed E-state index contributed by atoms with van der Waals surface area (Å²) in [5.74, 6) is -3.31. The molecule has 0 aliphatic carbocycles.